The minimum Gasteiger partial charge on any atom is -0.467 e. The van der Waals surface area contributed by atoms with E-state index in [2.05, 4.69) is 10.6 Å². The zero-order chi connectivity index (χ0) is 18.4. The maximum Gasteiger partial charge on any atom is 0.325 e. The molecule has 4 amide bonds. The Morgan fingerprint density at radius 1 is 1.19 bits per heavy atom. The molecule has 0 aromatic carbocycles. The first-order chi connectivity index (χ1) is 12.6. The van der Waals surface area contributed by atoms with Crippen LogP contribution in [0.5, 0.6) is 0 Å². The molecule has 2 fully saturated rings. The highest BCUT2D eigenvalue weighted by atomic mass is 16.3. The maximum absolute atomic E-state index is 12.4. The largest absolute Gasteiger partial charge is 0.467 e. The van der Waals surface area contributed by atoms with Crippen molar-refractivity contribution in [1.82, 2.24) is 15.5 Å². The highest BCUT2D eigenvalue weighted by molar-refractivity contribution is 6.04. The highest BCUT2D eigenvalue weighted by Crippen LogP contribution is 2.18. The zero-order valence-electron chi connectivity index (χ0n) is 15.0. The number of nitrogens with zero attached hydrogens (tertiary/aromatic N) is 1. The van der Waals surface area contributed by atoms with E-state index < -0.39 is 12.1 Å². The summed E-state index contributed by atoms with van der Waals surface area (Å²) in [6.07, 6.45) is 10.2. The molecular formula is C19H27N3O4. The average molecular weight is 361 g/mol. The molecule has 142 valence electrons. The second kappa shape index (κ2) is 8.87. The monoisotopic (exact) mass is 361 g/mol. The molecule has 1 saturated heterocycles. The van der Waals surface area contributed by atoms with Gasteiger partial charge in [-0.2, -0.15) is 0 Å². The van der Waals surface area contributed by atoms with Gasteiger partial charge in [0.05, 0.1) is 12.8 Å². The average Bonchev–Trinajstić information content (AvgIpc) is 3.19. The second-order valence-electron chi connectivity index (χ2n) is 7.15. The Kier molecular flexibility index (Phi) is 6.30. The SMILES string of the molecule is O=C(CC[C@H]1NC(=O)N(Cc2ccco2)C1=O)NC1CCCCCCC1. The fourth-order valence-electron chi connectivity index (χ4n) is 3.66. The van der Waals surface area contributed by atoms with Gasteiger partial charge in [0.1, 0.15) is 11.8 Å². The molecule has 2 aliphatic rings. The smallest absolute Gasteiger partial charge is 0.325 e. The normalized spacial score (nSPS) is 22.0. The van der Waals surface area contributed by atoms with Crippen LogP contribution >= 0.6 is 0 Å². The highest BCUT2D eigenvalue weighted by Gasteiger charge is 2.38. The van der Waals surface area contributed by atoms with Gasteiger partial charge in [-0.25, -0.2) is 4.79 Å². The van der Waals surface area contributed by atoms with E-state index in [9.17, 15) is 14.4 Å². The number of hydrogen-bond acceptors (Lipinski definition) is 4. The molecule has 1 aromatic rings. The number of imide groups is 1. The van der Waals surface area contributed by atoms with Gasteiger partial charge in [0.25, 0.3) is 5.91 Å². The molecular weight excluding hydrogens is 334 g/mol. The van der Waals surface area contributed by atoms with E-state index in [0.717, 1.165) is 30.6 Å². The van der Waals surface area contributed by atoms with Crippen molar-refractivity contribution in [3.8, 4) is 0 Å². The predicted octanol–water partition coefficient (Wildman–Crippen LogP) is 2.71. The fourth-order valence-corrected chi connectivity index (χ4v) is 3.66. The molecule has 1 aromatic heterocycles. The minimum atomic E-state index is -0.638. The molecule has 0 bridgehead atoms. The molecule has 0 unspecified atom stereocenters. The fraction of sp³-hybridized carbons (Fsp3) is 0.632. The molecule has 1 aliphatic heterocycles. The van der Waals surface area contributed by atoms with E-state index in [4.69, 9.17) is 4.42 Å². The van der Waals surface area contributed by atoms with Gasteiger partial charge in [-0.1, -0.05) is 32.1 Å². The van der Waals surface area contributed by atoms with Crippen molar-refractivity contribution < 1.29 is 18.8 Å². The molecule has 1 aliphatic carbocycles. The molecule has 7 heteroatoms. The predicted molar refractivity (Wildman–Crippen MR) is 95.1 cm³/mol. The van der Waals surface area contributed by atoms with Crippen LogP contribution in [0.15, 0.2) is 22.8 Å². The van der Waals surface area contributed by atoms with E-state index in [1.807, 2.05) is 0 Å². The lowest BCUT2D eigenvalue weighted by Crippen LogP contribution is -2.37. The lowest BCUT2D eigenvalue weighted by molar-refractivity contribution is -0.128. The summed E-state index contributed by atoms with van der Waals surface area (Å²) in [5.41, 5.74) is 0. The molecule has 1 atom stereocenters. The summed E-state index contributed by atoms with van der Waals surface area (Å²) in [4.78, 5) is 37.8. The summed E-state index contributed by atoms with van der Waals surface area (Å²) in [6.45, 7) is 0.114. The first-order valence-electron chi connectivity index (χ1n) is 9.57. The lowest BCUT2D eigenvalue weighted by Gasteiger charge is -2.21. The first-order valence-corrected chi connectivity index (χ1v) is 9.57. The second-order valence-corrected chi connectivity index (χ2v) is 7.15. The number of carbonyl (C=O) groups is 3. The van der Waals surface area contributed by atoms with Gasteiger partial charge in [-0.3, -0.25) is 14.5 Å². The molecule has 2 N–H and O–H groups in total. The number of rotatable bonds is 6. The van der Waals surface area contributed by atoms with E-state index in [1.54, 1.807) is 12.1 Å². The van der Waals surface area contributed by atoms with Crippen molar-refractivity contribution in [2.24, 2.45) is 0 Å². The van der Waals surface area contributed by atoms with Gasteiger partial charge in [0.15, 0.2) is 0 Å². The van der Waals surface area contributed by atoms with Gasteiger partial charge in [0, 0.05) is 12.5 Å². The van der Waals surface area contributed by atoms with E-state index in [-0.39, 0.29) is 30.8 Å². The van der Waals surface area contributed by atoms with Crippen molar-refractivity contribution >= 4 is 17.8 Å². The third-order valence-corrected chi connectivity index (χ3v) is 5.13. The van der Waals surface area contributed by atoms with Gasteiger partial charge in [0.2, 0.25) is 5.91 Å². The van der Waals surface area contributed by atoms with Crippen LogP contribution in [0.2, 0.25) is 0 Å². The summed E-state index contributed by atoms with van der Waals surface area (Å²) >= 11 is 0. The van der Waals surface area contributed by atoms with Crippen molar-refractivity contribution in [2.45, 2.75) is 76.4 Å². The van der Waals surface area contributed by atoms with Gasteiger partial charge in [-0.15, -0.1) is 0 Å². The molecule has 1 saturated carbocycles. The Hall–Kier alpha value is -2.31. The Balaban J connectivity index is 1.44. The lowest BCUT2D eigenvalue weighted by atomic mass is 9.96. The van der Waals surface area contributed by atoms with Crippen LogP contribution in [0.25, 0.3) is 0 Å². The number of hydrogen-bond donors (Lipinski definition) is 2. The summed E-state index contributed by atoms with van der Waals surface area (Å²) in [5, 5.41) is 5.75. The van der Waals surface area contributed by atoms with Crippen LogP contribution in [0.3, 0.4) is 0 Å². The first kappa shape index (κ1) is 18.5. The topological polar surface area (TPSA) is 91.7 Å². The Morgan fingerprint density at radius 3 is 2.62 bits per heavy atom. The standard InChI is InChI=1S/C19H27N3O4/c23-17(20-14-7-4-2-1-3-5-8-14)11-10-16-18(24)22(19(25)21-16)13-15-9-6-12-26-15/h6,9,12,14,16H,1-5,7-8,10-11,13H2,(H,20,23)(H,21,25)/t16-/m1/s1. The molecule has 3 rings (SSSR count). The number of amides is 4. The van der Waals surface area contributed by atoms with Crippen LogP contribution in [-0.4, -0.2) is 34.8 Å². The third kappa shape index (κ3) is 4.86. The third-order valence-electron chi connectivity index (χ3n) is 5.13. The van der Waals surface area contributed by atoms with Crippen molar-refractivity contribution in [3.05, 3.63) is 24.2 Å². The summed E-state index contributed by atoms with van der Waals surface area (Å²) in [7, 11) is 0. The number of furan rings is 1. The van der Waals surface area contributed by atoms with Gasteiger partial charge in [-0.05, 0) is 31.4 Å². The van der Waals surface area contributed by atoms with Crippen LogP contribution in [-0.2, 0) is 16.1 Å². The summed E-state index contributed by atoms with van der Waals surface area (Å²) in [5.74, 6) is 0.212. The van der Waals surface area contributed by atoms with Crippen LogP contribution < -0.4 is 10.6 Å². The maximum atomic E-state index is 12.4. The summed E-state index contributed by atoms with van der Waals surface area (Å²) in [6, 6.07) is 2.60. The van der Waals surface area contributed by atoms with Crippen molar-refractivity contribution in [3.63, 3.8) is 0 Å². The van der Waals surface area contributed by atoms with Crippen molar-refractivity contribution in [1.29, 1.82) is 0 Å². The van der Waals surface area contributed by atoms with E-state index in [1.165, 1.54) is 25.5 Å². The molecule has 7 nitrogen and oxygen atoms in total. The number of urea groups is 1. The molecule has 26 heavy (non-hydrogen) atoms. The Bertz CT molecular complexity index is 621. The van der Waals surface area contributed by atoms with Crippen LogP contribution in [0.4, 0.5) is 4.79 Å². The quantitative estimate of drug-likeness (QED) is 0.762. The Morgan fingerprint density at radius 2 is 1.92 bits per heavy atom. The number of nitrogens with one attached hydrogen (secondary N) is 2. The summed E-state index contributed by atoms with van der Waals surface area (Å²) < 4.78 is 5.19. The van der Waals surface area contributed by atoms with Crippen LogP contribution in [0.1, 0.15) is 63.5 Å². The van der Waals surface area contributed by atoms with Crippen molar-refractivity contribution in [2.75, 3.05) is 0 Å². The van der Waals surface area contributed by atoms with Crippen LogP contribution in [0, 0.1) is 0 Å². The molecule has 0 spiro atoms. The molecule has 2 heterocycles. The Labute approximate surface area is 153 Å². The van der Waals surface area contributed by atoms with E-state index in [0.29, 0.717) is 12.2 Å². The number of carbonyl (C=O) groups excluding carboxylic acids is 3. The zero-order valence-corrected chi connectivity index (χ0v) is 15.0. The van der Waals surface area contributed by atoms with Gasteiger partial charge >= 0.3 is 6.03 Å². The van der Waals surface area contributed by atoms with Gasteiger partial charge < -0.3 is 15.1 Å². The molecule has 0 radical (unpaired) electrons. The van der Waals surface area contributed by atoms with E-state index >= 15 is 0 Å². The minimum absolute atomic E-state index is 0.0397.